The summed E-state index contributed by atoms with van der Waals surface area (Å²) < 4.78 is 5.37. The highest BCUT2D eigenvalue weighted by atomic mass is 15.2. The smallest absolute Gasteiger partial charge is 0.0746 e. The van der Waals surface area contributed by atoms with Crippen molar-refractivity contribution in [3.05, 3.63) is 115 Å². The lowest BCUT2D eigenvalue weighted by molar-refractivity contribution is 0.137. The van der Waals surface area contributed by atoms with Gasteiger partial charge in [0.2, 0.25) is 0 Å². The van der Waals surface area contributed by atoms with E-state index in [1.54, 1.807) is 0 Å². The van der Waals surface area contributed by atoms with E-state index in [4.69, 9.17) is 0 Å². The fourth-order valence-electron chi connectivity index (χ4n) is 8.16. The van der Waals surface area contributed by atoms with Crippen molar-refractivity contribution in [2.24, 2.45) is 5.92 Å². The number of rotatable bonds is 8. The molecular weight excluding hydrogens is 548 g/mol. The fraction of sp³-hybridized carbons (Fsp3) is 0.317. The van der Waals surface area contributed by atoms with Gasteiger partial charge in [-0.25, -0.2) is 0 Å². The molecule has 0 fully saturated rings. The maximum atomic E-state index is 4.34. The fourth-order valence-corrected chi connectivity index (χ4v) is 8.16. The molecule has 2 aromatic heterocycles. The first-order chi connectivity index (χ1) is 22.0. The van der Waals surface area contributed by atoms with Crippen LogP contribution in [0.15, 0.2) is 98.1 Å². The largest absolute Gasteiger partial charge is 0.337 e. The predicted octanol–water partition coefficient (Wildman–Crippen LogP) is 9.60. The molecule has 0 saturated heterocycles. The van der Waals surface area contributed by atoms with Crippen molar-refractivity contribution < 1.29 is 0 Å². The number of para-hydroxylation sites is 2. The number of hydrogen-bond acceptors (Lipinski definition) is 2. The normalized spacial score (nSPS) is 18.0. The molecule has 3 heterocycles. The highest BCUT2D eigenvalue weighted by Crippen LogP contribution is 2.48. The van der Waals surface area contributed by atoms with Gasteiger partial charge in [-0.05, 0) is 75.1 Å². The Kier molecular flexibility index (Phi) is 8.98. The average molecular weight is 597 g/mol. The molecular formula is C41H48N4. The van der Waals surface area contributed by atoms with E-state index in [9.17, 15) is 0 Å². The lowest BCUT2D eigenvalue weighted by atomic mass is 9.85. The first-order valence-electron chi connectivity index (χ1n) is 16.6. The zero-order valence-corrected chi connectivity index (χ0v) is 27.7. The van der Waals surface area contributed by atoms with Crippen LogP contribution in [-0.4, -0.2) is 41.2 Å². The predicted molar refractivity (Wildman–Crippen MR) is 196 cm³/mol. The molecule has 45 heavy (non-hydrogen) atoms. The number of nitrogens with one attached hydrogen (secondary N) is 1. The summed E-state index contributed by atoms with van der Waals surface area (Å²) in [4.78, 5) is 2.47. The molecule has 4 aromatic carbocycles. The second kappa shape index (κ2) is 13.1. The van der Waals surface area contributed by atoms with Gasteiger partial charge in [-0.2, -0.15) is 0 Å². The second-order valence-electron chi connectivity index (χ2n) is 12.6. The monoisotopic (exact) mass is 596 g/mol. The first-order valence-corrected chi connectivity index (χ1v) is 16.6. The molecule has 3 atom stereocenters. The van der Waals surface area contributed by atoms with Crippen molar-refractivity contribution in [2.45, 2.75) is 58.3 Å². The van der Waals surface area contributed by atoms with E-state index in [-0.39, 0.29) is 0 Å². The first kappa shape index (κ1) is 30.9. The Balaban J connectivity index is 0.000000343. The maximum absolute atomic E-state index is 4.34. The topological polar surface area (TPSA) is 25.1 Å². The zero-order chi connectivity index (χ0) is 31.7. The summed E-state index contributed by atoms with van der Waals surface area (Å²) in [7, 11) is 6.58. The van der Waals surface area contributed by atoms with Crippen LogP contribution in [0.2, 0.25) is 0 Å². The number of fused-ring (bicyclic) bond motifs is 6. The summed E-state index contributed by atoms with van der Waals surface area (Å²) in [5, 5.41) is 8.92. The van der Waals surface area contributed by atoms with E-state index in [1.165, 1.54) is 60.3 Å². The molecule has 0 radical (unpaired) electrons. The van der Waals surface area contributed by atoms with Gasteiger partial charge in [-0.15, -0.1) is 6.58 Å². The van der Waals surface area contributed by atoms with Gasteiger partial charge in [-0.3, -0.25) is 0 Å². The summed E-state index contributed by atoms with van der Waals surface area (Å²) >= 11 is 0. The molecule has 3 unspecified atom stereocenters. The highest BCUT2D eigenvalue weighted by molar-refractivity contribution is 6.26. The SMILES string of the molecule is C=CCc1ccccc1.C=Cc1c(CNC)c2c3ccccc3n3c2c2c1c1ccccc1n2CC(N(C)C)C(CC)C3CC. The number of benzene rings is 4. The molecule has 6 aromatic rings. The van der Waals surface area contributed by atoms with Crippen LogP contribution in [0.25, 0.3) is 49.7 Å². The quantitative estimate of drug-likeness (QED) is 0.177. The molecule has 1 N–H and O–H groups in total. The van der Waals surface area contributed by atoms with E-state index in [0.717, 1.165) is 32.4 Å². The number of aromatic nitrogens is 2. The molecule has 7 rings (SSSR count). The lowest BCUT2D eigenvalue weighted by Crippen LogP contribution is -2.43. The van der Waals surface area contributed by atoms with Crippen molar-refractivity contribution in [1.29, 1.82) is 0 Å². The van der Waals surface area contributed by atoms with Crippen molar-refractivity contribution >= 4 is 49.7 Å². The summed E-state index contributed by atoms with van der Waals surface area (Å²) in [5.74, 6) is 0.542. The molecule has 4 heteroatoms. The molecule has 0 saturated carbocycles. The molecule has 0 aliphatic carbocycles. The van der Waals surface area contributed by atoms with Gasteiger partial charge in [0.05, 0.1) is 11.0 Å². The van der Waals surface area contributed by atoms with Gasteiger partial charge in [0.15, 0.2) is 0 Å². The van der Waals surface area contributed by atoms with Crippen molar-refractivity contribution in [1.82, 2.24) is 19.4 Å². The van der Waals surface area contributed by atoms with Crippen LogP contribution in [-0.2, 0) is 19.5 Å². The zero-order valence-electron chi connectivity index (χ0n) is 27.7. The van der Waals surface area contributed by atoms with Crippen LogP contribution < -0.4 is 5.32 Å². The van der Waals surface area contributed by atoms with Crippen LogP contribution >= 0.6 is 0 Å². The van der Waals surface area contributed by atoms with Crippen LogP contribution in [0.1, 0.15) is 49.4 Å². The Morgan fingerprint density at radius 2 is 1.47 bits per heavy atom. The molecule has 4 nitrogen and oxygen atoms in total. The van der Waals surface area contributed by atoms with Crippen molar-refractivity contribution in [3.63, 3.8) is 0 Å². The van der Waals surface area contributed by atoms with Crippen molar-refractivity contribution in [2.75, 3.05) is 21.1 Å². The van der Waals surface area contributed by atoms with Gasteiger partial charge in [-0.1, -0.05) is 99.3 Å². The molecule has 1 aliphatic heterocycles. The lowest BCUT2D eigenvalue weighted by Gasteiger charge is -2.40. The van der Waals surface area contributed by atoms with Crippen LogP contribution in [0.4, 0.5) is 0 Å². The third-order valence-corrected chi connectivity index (χ3v) is 10.0. The summed E-state index contributed by atoms with van der Waals surface area (Å²) in [5.41, 5.74) is 9.42. The van der Waals surface area contributed by atoms with E-state index < -0.39 is 0 Å². The van der Waals surface area contributed by atoms with Gasteiger partial charge >= 0.3 is 0 Å². The van der Waals surface area contributed by atoms with Crippen LogP contribution in [0.5, 0.6) is 0 Å². The number of nitrogens with zero attached hydrogens (tertiary/aromatic N) is 3. The minimum Gasteiger partial charge on any atom is -0.337 e. The Hall–Kier alpha value is -4.12. The maximum Gasteiger partial charge on any atom is 0.0746 e. The van der Waals surface area contributed by atoms with Gasteiger partial charge in [0.1, 0.15) is 0 Å². The van der Waals surface area contributed by atoms with Gasteiger partial charge in [0, 0.05) is 57.8 Å². The molecule has 0 bridgehead atoms. The number of likely N-dealkylation sites (N-methyl/N-ethyl adjacent to an activating group) is 1. The standard InChI is InChI=1S/C32H38N4.C9H10/c1-7-20-24(18-33-4)30-23-15-11-13-17-27(23)36-25(9-3)21(8-2)28(34(5)6)19-35-26-16-12-10-14-22(26)29(20)31(35)32(30)36;1-2-6-9-7-4-3-5-8-9/h7,10-17,21,25,28,33H,1,8-9,18-19H2,2-6H3;2-5,7-8H,1,6H2. The summed E-state index contributed by atoms with van der Waals surface area (Å²) in [6.45, 7) is 14.6. The third-order valence-electron chi connectivity index (χ3n) is 10.0. The number of hydrogen-bond donors (Lipinski definition) is 1. The van der Waals surface area contributed by atoms with Gasteiger partial charge < -0.3 is 19.4 Å². The minimum atomic E-state index is 0.428. The van der Waals surface area contributed by atoms with Crippen LogP contribution in [0, 0.1) is 5.92 Å². The third kappa shape index (κ3) is 5.10. The number of allylic oxidation sites excluding steroid dienone is 1. The van der Waals surface area contributed by atoms with Gasteiger partial charge in [0.25, 0.3) is 0 Å². The molecule has 1 aliphatic rings. The Bertz CT molecular complexity index is 1970. The Morgan fingerprint density at radius 1 is 0.822 bits per heavy atom. The second-order valence-corrected chi connectivity index (χ2v) is 12.6. The molecule has 232 valence electrons. The molecule has 0 spiro atoms. The van der Waals surface area contributed by atoms with Crippen LogP contribution in [0.3, 0.4) is 0 Å². The van der Waals surface area contributed by atoms with Crippen molar-refractivity contribution in [3.8, 4) is 0 Å². The van der Waals surface area contributed by atoms with E-state index in [0.29, 0.717) is 18.0 Å². The van der Waals surface area contributed by atoms with E-state index in [1.807, 2.05) is 24.3 Å². The summed E-state index contributed by atoms with van der Waals surface area (Å²) in [6, 6.07) is 29.2. The highest BCUT2D eigenvalue weighted by Gasteiger charge is 2.36. The molecule has 0 amide bonds. The Labute approximate surface area is 268 Å². The van der Waals surface area contributed by atoms with E-state index >= 15 is 0 Å². The minimum absolute atomic E-state index is 0.428. The average Bonchev–Trinajstić information content (AvgIpc) is 3.56. The Morgan fingerprint density at radius 3 is 2.07 bits per heavy atom. The van der Waals surface area contributed by atoms with E-state index in [2.05, 4.69) is 134 Å². The summed E-state index contributed by atoms with van der Waals surface area (Å²) in [6.07, 6.45) is 7.25.